The number of carbonyl (C=O) groups is 1. The average molecular weight is 594 g/mol. The van der Waals surface area contributed by atoms with Crippen LogP contribution in [0.2, 0.25) is 0 Å². The molecular formula is C31H39N5O3S2. The van der Waals surface area contributed by atoms with Crippen LogP contribution in [0.3, 0.4) is 0 Å². The molecule has 1 amide bonds. The van der Waals surface area contributed by atoms with Gasteiger partial charge in [0.15, 0.2) is 5.13 Å². The van der Waals surface area contributed by atoms with Crippen LogP contribution in [0, 0.1) is 13.8 Å². The van der Waals surface area contributed by atoms with Crippen molar-refractivity contribution >= 4 is 42.6 Å². The van der Waals surface area contributed by atoms with E-state index in [-0.39, 0.29) is 16.8 Å². The number of aromatic nitrogens is 3. The lowest BCUT2D eigenvalue weighted by Crippen LogP contribution is -2.38. The topological polar surface area (TPSA) is 88.4 Å². The van der Waals surface area contributed by atoms with Crippen molar-refractivity contribution in [1.29, 1.82) is 0 Å². The number of anilines is 1. The monoisotopic (exact) mass is 593 g/mol. The Morgan fingerprint density at radius 2 is 1.78 bits per heavy atom. The molecule has 0 aliphatic heterocycles. The molecule has 41 heavy (non-hydrogen) atoms. The van der Waals surface area contributed by atoms with E-state index in [9.17, 15) is 13.2 Å². The van der Waals surface area contributed by atoms with Gasteiger partial charge < -0.3 is 0 Å². The lowest BCUT2D eigenvalue weighted by atomic mass is 9.96. The van der Waals surface area contributed by atoms with Crippen LogP contribution in [-0.2, 0) is 16.6 Å². The van der Waals surface area contributed by atoms with Gasteiger partial charge in [-0.1, -0.05) is 56.6 Å². The van der Waals surface area contributed by atoms with E-state index < -0.39 is 10.0 Å². The predicted molar refractivity (Wildman–Crippen MR) is 165 cm³/mol. The van der Waals surface area contributed by atoms with Crippen molar-refractivity contribution in [3.63, 3.8) is 0 Å². The number of amides is 1. The number of hydrogen-bond acceptors (Lipinski definition) is 6. The fourth-order valence-electron chi connectivity index (χ4n) is 5.65. The largest absolute Gasteiger partial charge is 0.282 e. The normalized spacial score (nSPS) is 14.8. The van der Waals surface area contributed by atoms with Crippen molar-refractivity contribution in [2.75, 3.05) is 18.5 Å². The number of rotatable bonds is 9. The van der Waals surface area contributed by atoms with E-state index in [1.54, 1.807) is 36.2 Å². The number of para-hydroxylation sites is 1. The molecule has 10 heteroatoms. The Labute approximate surface area is 247 Å². The summed E-state index contributed by atoms with van der Waals surface area (Å²) in [7, 11) is -1.98. The standard InChI is InChI=1S/C31H39N5O3S2/c1-21(2)27-12-9-13-28-29(27)32-31(40-28)35(18-19-36-23(4)20-22(3)33-36)30(37)24-14-16-26(17-15-24)41(38,39)34(5)25-10-7-6-8-11-25/h9,12-17,20-21,25H,6-8,10-11,18-19H2,1-5H3. The van der Waals surface area contributed by atoms with Gasteiger partial charge in [-0.05, 0) is 74.6 Å². The zero-order valence-corrected chi connectivity index (χ0v) is 26.1. The van der Waals surface area contributed by atoms with E-state index in [1.807, 2.05) is 36.7 Å². The summed E-state index contributed by atoms with van der Waals surface area (Å²) in [4.78, 5) is 20.8. The Balaban J connectivity index is 1.45. The SMILES string of the molecule is Cc1cc(C)n(CCN(C(=O)c2ccc(S(=O)(=O)N(C)C3CCCCC3)cc2)c2nc3c(C(C)C)cccc3s2)n1. The Hall–Kier alpha value is -3.08. The number of carbonyl (C=O) groups excluding carboxylic acids is 1. The molecule has 0 unspecified atom stereocenters. The van der Waals surface area contributed by atoms with Crippen LogP contribution >= 0.6 is 11.3 Å². The Kier molecular flexibility index (Phi) is 8.63. The van der Waals surface area contributed by atoms with Crippen LogP contribution in [0.1, 0.15) is 79.2 Å². The molecule has 1 saturated carbocycles. The first-order valence-electron chi connectivity index (χ1n) is 14.4. The minimum Gasteiger partial charge on any atom is -0.282 e. The second-order valence-electron chi connectivity index (χ2n) is 11.3. The molecule has 5 rings (SSSR count). The lowest BCUT2D eigenvalue weighted by Gasteiger charge is -2.30. The van der Waals surface area contributed by atoms with Gasteiger partial charge in [0, 0.05) is 30.9 Å². The molecule has 2 aromatic heterocycles. The quantitative estimate of drug-likeness (QED) is 0.220. The smallest absolute Gasteiger partial charge is 0.260 e. The van der Waals surface area contributed by atoms with Crippen molar-refractivity contribution < 1.29 is 13.2 Å². The van der Waals surface area contributed by atoms with E-state index in [1.165, 1.54) is 15.6 Å². The van der Waals surface area contributed by atoms with Crippen LogP contribution in [0.25, 0.3) is 10.2 Å². The molecule has 2 heterocycles. The maximum Gasteiger partial charge on any atom is 0.260 e. The first-order chi connectivity index (χ1) is 19.6. The number of sulfonamides is 1. The van der Waals surface area contributed by atoms with E-state index >= 15 is 0 Å². The number of benzene rings is 2. The van der Waals surface area contributed by atoms with Crippen LogP contribution in [0.5, 0.6) is 0 Å². The van der Waals surface area contributed by atoms with Crippen LogP contribution in [0.4, 0.5) is 5.13 Å². The van der Waals surface area contributed by atoms with Gasteiger partial charge in [-0.3, -0.25) is 14.4 Å². The Morgan fingerprint density at radius 1 is 1.07 bits per heavy atom. The second kappa shape index (κ2) is 12.0. The van der Waals surface area contributed by atoms with Crippen molar-refractivity contribution in [2.45, 2.75) is 83.2 Å². The van der Waals surface area contributed by atoms with Crippen molar-refractivity contribution in [3.8, 4) is 0 Å². The number of hydrogen-bond donors (Lipinski definition) is 0. The van der Waals surface area contributed by atoms with Gasteiger partial charge in [0.25, 0.3) is 5.91 Å². The molecule has 1 fully saturated rings. The maximum absolute atomic E-state index is 14.0. The third kappa shape index (κ3) is 6.10. The summed E-state index contributed by atoms with van der Waals surface area (Å²) in [5, 5.41) is 5.19. The minimum absolute atomic E-state index is 0.0229. The summed E-state index contributed by atoms with van der Waals surface area (Å²) >= 11 is 1.49. The summed E-state index contributed by atoms with van der Waals surface area (Å²) in [6.07, 6.45) is 5.03. The van der Waals surface area contributed by atoms with Gasteiger partial charge in [0.05, 0.1) is 27.4 Å². The predicted octanol–water partition coefficient (Wildman–Crippen LogP) is 6.53. The molecule has 0 saturated heterocycles. The molecule has 4 aromatic rings. The highest BCUT2D eigenvalue weighted by molar-refractivity contribution is 7.89. The summed E-state index contributed by atoms with van der Waals surface area (Å²) in [5.41, 5.74) is 4.43. The van der Waals surface area contributed by atoms with Crippen LogP contribution in [0.15, 0.2) is 53.4 Å². The van der Waals surface area contributed by atoms with Gasteiger partial charge in [0.1, 0.15) is 0 Å². The second-order valence-corrected chi connectivity index (χ2v) is 14.3. The summed E-state index contributed by atoms with van der Waals surface area (Å²) < 4.78 is 31.2. The van der Waals surface area contributed by atoms with Gasteiger partial charge in [-0.2, -0.15) is 9.40 Å². The summed E-state index contributed by atoms with van der Waals surface area (Å²) in [5.74, 6) is 0.0787. The maximum atomic E-state index is 14.0. The molecular weight excluding hydrogens is 555 g/mol. The van der Waals surface area contributed by atoms with E-state index in [4.69, 9.17) is 4.98 Å². The fraction of sp³-hybridized carbons (Fsp3) is 0.452. The van der Waals surface area contributed by atoms with Crippen LogP contribution in [-0.4, -0.2) is 53.0 Å². The molecule has 218 valence electrons. The third-order valence-electron chi connectivity index (χ3n) is 8.04. The first kappa shape index (κ1) is 29.4. The fourth-order valence-corrected chi connectivity index (χ4v) is 8.09. The molecule has 0 spiro atoms. The number of thiazole rings is 1. The number of nitrogens with zero attached hydrogens (tertiary/aromatic N) is 5. The summed E-state index contributed by atoms with van der Waals surface area (Å²) in [6.45, 7) is 9.12. The van der Waals surface area contributed by atoms with Crippen molar-refractivity contribution in [2.24, 2.45) is 0 Å². The first-order valence-corrected chi connectivity index (χ1v) is 16.6. The molecule has 1 aliphatic rings. The highest BCUT2D eigenvalue weighted by Crippen LogP contribution is 2.34. The van der Waals surface area contributed by atoms with E-state index in [0.717, 1.165) is 59.3 Å². The van der Waals surface area contributed by atoms with Crippen molar-refractivity contribution in [1.82, 2.24) is 19.1 Å². The van der Waals surface area contributed by atoms with Gasteiger partial charge >= 0.3 is 0 Å². The Morgan fingerprint density at radius 3 is 2.41 bits per heavy atom. The zero-order valence-electron chi connectivity index (χ0n) is 24.5. The molecule has 0 bridgehead atoms. The van der Waals surface area contributed by atoms with E-state index in [2.05, 4.69) is 25.0 Å². The molecule has 0 N–H and O–H groups in total. The van der Waals surface area contributed by atoms with Gasteiger partial charge in [-0.15, -0.1) is 0 Å². The molecule has 0 atom stereocenters. The van der Waals surface area contributed by atoms with E-state index in [0.29, 0.717) is 29.7 Å². The number of fused-ring (bicyclic) bond motifs is 1. The van der Waals surface area contributed by atoms with Crippen molar-refractivity contribution in [3.05, 3.63) is 71.0 Å². The minimum atomic E-state index is -3.65. The van der Waals surface area contributed by atoms with Gasteiger partial charge in [-0.25, -0.2) is 13.4 Å². The highest BCUT2D eigenvalue weighted by atomic mass is 32.2. The third-order valence-corrected chi connectivity index (χ3v) is 11.0. The average Bonchev–Trinajstić information content (AvgIpc) is 3.54. The van der Waals surface area contributed by atoms with Gasteiger partial charge in [0.2, 0.25) is 10.0 Å². The molecule has 1 aliphatic carbocycles. The zero-order chi connectivity index (χ0) is 29.3. The lowest BCUT2D eigenvalue weighted by molar-refractivity contribution is 0.0985. The molecule has 2 aromatic carbocycles. The Bertz CT molecular complexity index is 1630. The summed E-state index contributed by atoms with van der Waals surface area (Å²) in [6, 6.07) is 14.5. The molecule has 0 radical (unpaired) electrons. The van der Waals surface area contributed by atoms with Crippen LogP contribution < -0.4 is 4.90 Å². The number of aryl methyl sites for hydroxylation is 2. The molecule has 8 nitrogen and oxygen atoms in total. The highest BCUT2D eigenvalue weighted by Gasteiger charge is 2.30.